The summed E-state index contributed by atoms with van der Waals surface area (Å²) in [5.74, 6) is 0. The Labute approximate surface area is 51.9 Å². The molecule has 1 unspecified atom stereocenters. The Morgan fingerprint density at radius 1 is 1.56 bits per heavy atom. The van der Waals surface area contributed by atoms with E-state index in [9.17, 15) is 4.79 Å². The molecule has 54 valence electrons. The van der Waals surface area contributed by atoms with Crippen LogP contribution in [-0.2, 0) is 0 Å². The molecular formula is C4H9NO4. The van der Waals surface area contributed by atoms with Crippen LogP contribution in [0.3, 0.4) is 0 Å². The number of rotatable bonds is 2. The average molecular weight is 135 g/mol. The van der Waals surface area contributed by atoms with Crippen LogP contribution in [0, 0.1) is 0 Å². The van der Waals surface area contributed by atoms with E-state index in [1.54, 1.807) is 0 Å². The predicted octanol–water partition coefficient (Wildman–Crippen LogP) is -1.05. The molecule has 1 atom stereocenters. The van der Waals surface area contributed by atoms with Crippen molar-refractivity contribution in [3.63, 3.8) is 0 Å². The summed E-state index contributed by atoms with van der Waals surface area (Å²) in [6.07, 6.45) is -2.91. The smallest absolute Gasteiger partial charge is 0.405 e. The van der Waals surface area contributed by atoms with Gasteiger partial charge in [0, 0.05) is 0 Å². The van der Waals surface area contributed by atoms with Crippen molar-refractivity contribution >= 4 is 6.09 Å². The summed E-state index contributed by atoms with van der Waals surface area (Å²) >= 11 is 0. The fraction of sp³-hybridized carbons (Fsp3) is 0.750. The third-order valence-electron chi connectivity index (χ3n) is 0.798. The van der Waals surface area contributed by atoms with Gasteiger partial charge in [-0.3, -0.25) is 0 Å². The van der Waals surface area contributed by atoms with Crippen molar-refractivity contribution in [3.8, 4) is 0 Å². The first kappa shape index (κ1) is 8.19. The average Bonchev–Trinajstić information content (AvgIpc) is 1.63. The van der Waals surface area contributed by atoms with E-state index >= 15 is 0 Å². The van der Waals surface area contributed by atoms with Crippen LogP contribution in [0.2, 0.25) is 0 Å². The van der Waals surface area contributed by atoms with Crippen molar-refractivity contribution in [2.24, 2.45) is 0 Å². The molecule has 0 saturated heterocycles. The number of amides is 1. The highest BCUT2D eigenvalue weighted by atomic mass is 16.5. The maximum atomic E-state index is 9.78. The first-order valence-corrected chi connectivity index (χ1v) is 2.39. The summed E-state index contributed by atoms with van der Waals surface area (Å²) in [6, 6.07) is -0.845. The maximum absolute atomic E-state index is 9.78. The van der Waals surface area contributed by atoms with Gasteiger partial charge < -0.3 is 20.6 Å². The van der Waals surface area contributed by atoms with Crippen LogP contribution in [0.25, 0.3) is 0 Å². The maximum Gasteiger partial charge on any atom is 0.405 e. The zero-order valence-electron chi connectivity index (χ0n) is 4.90. The number of aliphatic hydroxyl groups excluding tert-OH is 1. The lowest BCUT2D eigenvalue weighted by Crippen LogP contribution is -2.40. The second-order valence-electron chi connectivity index (χ2n) is 1.65. The summed E-state index contributed by atoms with van der Waals surface area (Å²) in [5, 5.41) is 26.5. The van der Waals surface area contributed by atoms with Gasteiger partial charge in [0.15, 0.2) is 6.29 Å². The normalized spacial score (nSPS) is 13.3. The van der Waals surface area contributed by atoms with E-state index in [0.29, 0.717) is 0 Å². The van der Waals surface area contributed by atoms with E-state index in [1.165, 1.54) is 6.92 Å². The standard InChI is InChI=1S/C4H9NO4/c1-2(3(6)7)5-4(8)9/h2-3,5-7H,1H3,(H,8,9). The molecule has 0 aliphatic carbocycles. The molecule has 0 aliphatic rings. The van der Waals surface area contributed by atoms with Gasteiger partial charge in [0.2, 0.25) is 0 Å². The summed E-state index contributed by atoms with van der Waals surface area (Å²) in [6.45, 7) is 1.35. The van der Waals surface area contributed by atoms with Crippen molar-refractivity contribution in [1.82, 2.24) is 5.32 Å². The molecule has 5 nitrogen and oxygen atoms in total. The van der Waals surface area contributed by atoms with E-state index in [1.807, 2.05) is 5.32 Å². The topological polar surface area (TPSA) is 89.8 Å². The zero-order chi connectivity index (χ0) is 7.44. The van der Waals surface area contributed by atoms with E-state index in [2.05, 4.69) is 0 Å². The van der Waals surface area contributed by atoms with Crippen molar-refractivity contribution in [2.75, 3.05) is 0 Å². The van der Waals surface area contributed by atoms with E-state index in [0.717, 1.165) is 0 Å². The van der Waals surface area contributed by atoms with Crippen LogP contribution < -0.4 is 5.32 Å². The van der Waals surface area contributed by atoms with Gasteiger partial charge in [-0.05, 0) is 6.92 Å². The second kappa shape index (κ2) is 3.26. The van der Waals surface area contributed by atoms with Crippen LogP contribution in [0.1, 0.15) is 6.92 Å². The number of aliphatic hydroxyl groups is 2. The molecule has 0 aliphatic heterocycles. The first-order valence-electron chi connectivity index (χ1n) is 2.39. The van der Waals surface area contributed by atoms with E-state index < -0.39 is 18.4 Å². The Balaban J connectivity index is 3.50. The Morgan fingerprint density at radius 3 is 2.11 bits per heavy atom. The van der Waals surface area contributed by atoms with Gasteiger partial charge >= 0.3 is 6.09 Å². The molecular weight excluding hydrogens is 126 g/mol. The van der Waals surface area contributed by atoms with Crippen LogP contribution in [-0.4, -0.2) is 33.7 Å². The molecule has 1 amide bonds. The van der Waals surface area contributed by atoms with Gasteiger partial charge in [-0.2, -0.15) is 0 Å². The number of nitrogens with one attached hydrogen (secondary N) is 1. The minimum Gasteiger partial charge on any atom is -0.465 e. The lowest BCUT2D eigenvalue weighted by atomic mass is 10.3. The lowest BCUT2D eigenvalue weighted by Gasteiger charge is -2.11. The molecule has 0 aromatic heterocycles. The summed E-state index contributed by atoms with van der Waals surface area (Å²) in [4.78, 5) is 9.78. The fourth-order valence-electron chi connectivity index (χ4n) is 0.269. The molecule has 9 heavy (non-hydrogen) atoms. The number of hydrogen-bond donors (Lipinski definition) is 4. The molecule has 0 bridgehead atoms. The number of hydrogen-bond acceptors (Lipinski definition) is 3. The largest absolute Gasteiger partial charge is 0.465 e. The Hall–Kier alpha value is -0.810. The van der Waals surface area contributed by atoms with E-state index in [-0.39, 0.29) is 0 Å². The lowest BCUT2D eigenvalue weighted by molar-refractivity contribution is -0.0609. The minimum atomic E-state index is -1.64. The van der Waals surface area contributed by atoms with E-state index in [4.69, 9.17) is 15.3 Å². The van der Waals surface area contributed by atoms with Crippen LogP contribution in [0.4, 0.5) is 4.79 Å². The van der Waals surface area contributed by atoms with Gasteiger partial charge in [0.05, 0.1) is 6.04 Å². The minimum absolute atomic E-state index is 0.845. The third-order valence-corrected chi connectivity index (χ3v) is 0.798. The van der Waals surface area contributed by atoms with Crippen molar-refractivity contribution in [2.45, 2.75) is 19.3 Å². The summed E-state index contributed by atoms with van der Waals surface area (Å²) in [5.41, 5.74) is 0. The van der Waals surface area contributed by atoms with Crippen molar-refractivity contribution in [1.29, 1.82) is 0 Å². The highest BCUT2D eigenvalue weighted by Gasteiger charge is 2.11. The zero-order valence-corrected chi connectivity index (χ0v) is 4.90. The number of carboxylic acid groups (broad SMARTS) is 1. The molecule has 5 heteroatoms. The van der Waals surface area contributed by atoms with Gasteiger partial charge in [0.25, 0.3) is 0 Å². The molecule has 0 fully saturated rings. The second-order valence-corrected chi connectivity index (χ2v) is 1.65. The molecule has 0 spiro atoms. The molecule has 4 N–H and O–H groups in total. The third kappa shape index (κ3) is 3.75. The summed E-state index contributed by atoms with van der Waals surface area (Å²) < 4.78 is 0. The van der Waals surface area contributed by atoms with Crippen LogP contribution in [0.5, 0.6) is 0 Å². The molecule has 0 aromatic carbocycles. The molecule has 0 aromatic rings. The van der Waals surface area contributed by atoms with Crippen molar-refractivity contribution < 1.29 is 20.1 Å². The molecule has 0 rings (SSSR count). The van der Waals surface area contributed by atoms with Gasteiger partial charge in [0.1, 0.15) is 0 Å². The van der Waals surface area contributed by atoms with Crippen LogP contribution in [0.15, 0.2) is 0 Å². The Morgan fingerprint density at radius 2 is 2.00 bits per heavy atom. The summed E-state index contributed by atoms with van der Waals surface area (Å²) in [7, 11) is 0. The first-order chi connectivity index (χ1) is 4.04. The quantitative estimate of drug-likeness (QED) is 0.364. The molecule has 0 radical (unpaired) electrons. The fourth-order valence-corrected chi connectivity index (χ4v) is 0.269. The molecule has 0 heterocycles. The highest BCUT2D eigenvalue weighted by Crippen LogP contribution is 1.85. The Kier molecular flexibility index (Phi) is 2.97. The van der Waals surface area contributed by atoms with Gasteiger partial charge in [-0.1, -0.05) is 0 Å². The number of carbonyl (C=O) groups is 1. The molecule has 0 saturated carbocycles. The van der Waals surface area contributed by atoms with Gasteiger partial charge in [-0.15, -0.1) is 0 Å². The Bertz CT molecular complexity index is 103. The predicted molar refractivity (Wildman–Crippen MR) is 28.8 cm³/mol. The van der Waals surface area contributed by atoms with Gasteiger partial charge in [-0.25, -0.2) is 4.79 Å². The van der Waals surface area contributed by atoms with Crippen molar-refractivity contribution in [3.05, 3.63) is 0 Å². The van der Waals surface area contributed by atoms with Crippen LogP contribution >= 0.6 is 0 Å². The SMILES string of the molecule is CC(NC(=O)O)C(O)O. The monoisotopic (exact) mass is 135 g/mol. The highest BCUT2D eigenvalue weighted by molar-refractivity contribution is 5.64.